The van der Waals surface area contributed by atoms with E-state index in [2.05, 4.69) is 26.6 Å². The van der Waals surface area contributed by atoms with E-state index in [1.165, 1.54) is 13.8 Å². The summed E-state index contributed by atoms with van der Waals surface area (Å²) in [5.41, 5.74) is -0.00262. The van der Waals surface area contributed by atoms with Crippen molar-refractivity contribution in [2.45, 2.75) is 130 Å². The van der Waals surface area contributed by atoms with E-state index in [0.29, 0.717) is 0 Å². The van der Waals surface area contributed by atoms with Gasteiger partial charge in [0, 0.05) is 18.7 Å². The highest BCUT2D eigenvalue weighted by Crippen LogP contribution is 2.17. The van der Waals surface area contributed by atoms with Gasteiger partial charge >= 0.3 is 6.09 Å². The van der Waals surface area contributed by atoms with Crippen molar-refractivity contribution in [1.29, 1.82) is 0 Å². The fourth-order valence-corrected chi connectivity index (χ4v) is 5.83. The topological polar surface area (TPSA) is 229 Å². The van der Waals surface area contributed by atoms with E-state index >= 15 is 0 Å². The van der Waals surface area contributed by atoms with Crippen molar-refractivity contribution in [2.24, 2.45) is 17.8 Å². The molecule has 0 saturated carbocycles. The first-order chi connectivity index (χ1) is 23.9. The largest absolute Gasteiger partial charge is 0.444 e. The van der Waals surface area contributed by atoms with E-state index in [1.807, 2.05) is 44.2 Å². The number of amides is 5. The number of carbonyl (C=O) groups is 5. The summed E-state index contributed by atoms with van der Waals surface area (Å²) in [4.78, 5) is 65.6. The maximum absolute atomic E-state index is 13.7. The van der Waals surface area contributed by atoms with Crippen molar-refractivity contribution in [3.8, 4) is 0 Å². The lowest BCUT2D eigenvalue weighted by atomic mass is 9.92. The van der Waals surface area contributed by atoms with Crippen LogP contribution in [0.4, 0.5) is 4.79 Å². The summed E-state index contributed by atoms with van der Waals surface area (Å²) in [7, 11) is -3.56. The van der Waals surface area contributed by atoms with E-state index in [1.54, 1.807) is 34.6 Å². The van der Waals surface area contributed by atoms with Gasteiger partial charge in [-0.25, -0.2) is 13.2 Å². The number of carbonyl (C=O) groups excluding carboxylic acids is 5. The van der Waals surface area contributed by atoms with Crippen molar-refractivity contribution in [3.63, 3.8) is 0 Å². The summed E-state index contributed by atoms with van der Waals surface area (Å²) >= 11 is 0. The number of sulfone groups is 1. The van der Waals surface area contributed by atoms with Crippen LogP contribution in [0.2, 0.25) is 0 Å². The molecule has 0 spiro atoms. The number of benzene rings is 1. The molecule has 0 fully saturated rings. The van der Waals surface area contributed by atoms with Gasteiger partial charge in [0.2, 0.25) is 23.6 Å². The minimum Gasteiger partial charge on any atom is -0.444 e. The Balaban J connectivity index is 3.10. The molecule has 0 aromatic heterocycles. The van der Waals surface area contributed by atoms with Gasteiger partial charge in [0.15, 0.2) is 0 Å². The van der Waals surface area contributed by atoms with Crippen LogP contribution in [0.15, 0.2) is 30.3 Å². The maximum Gasteiger partial charge on any atom is 0.408 e. The summed E-state index contributed by atoms with van der Waals surface area (Å²) in [6, 6.07) is 4.46. The molecule has 296 valence electrons. The summed E-state index contributed by atoms with van der Waals surface area (Å²) < 4.78 is 29.4. The molecule has 0 aliphatic carbocycles. The van der Waals surface area contributed by atoms with Crippen molar-refractivity contribution in [3.05, 3.63) is 35.9 Å². The molecule has 0 aliphatic heterocycles. The molecule has 5 amide bonds. The van der Waals surface area contributed by atoms with Crippen LogP contribution in [0.1, 0.15) is 87.1 Å². The number of hydrogen-bond acceptors (Lipinski definition) is 10. The number of ether oxygens (including phenoxy) is 1. The van der Waals surface area contributed by atoms with Crippen LogP contribution in [0.25, 0.3) is 0 Å². The van der Waals surface area contributed by atoms with E-state index in [0.717, 1.165) is 11.8 Å². The van der Waals surface area contributed by atoms with Crippen LogP contribution in [0.3, 0.4) is 0 Å². The van der Waals surface area contributed by atoms with Gasteiger partial charge in [-0.15, -0.1) is 0 Å². The lowest BCUT2D eigenvalue weighted by Gasteiger charge is -2.31. The SMILES string of the molecule is CC(C)C[C@H](NC(=O)[C@H](CCS(C)(=O)=O)NC(=O)[C@@H](NC(=O)OC(C)(C)C)C(C)C)[C@@H](O)C[C@@H](C)C(=O)N[C@@H](C(=O)NCc1ccccc1)[C@@H](C)O. The highest BCUT2D eigenvalue weighted by Gasteiger charge is 2.34. The number of rotatable bonds is 20. The van der Waals surface area contributed by atoms with Gasteiger partial charge in [-0.2, -0.15) is 0 Å². The summed E-state index contributed by atoms with van der Waals surface area (Å²) in [6.45, 7) is 15.2. The van der Waals surface area contributed by atoms with E-state index in [9.17, 15) is 42.6 Å². The van der Waals surface area contributed by atoms with Gasteiger partial charge in [0.25, 0.3) is 0 Å². The van der Waals surface area contributed by atoms with Crippen LogP contribution in [0.5, 0.6) is 0 Å². The quantitative estimate of drug-likeness (QED) is 0.102. The zero-order valence-electron chi connectivity index (χ0n) is 32.2. The fourth-order valence-electron chi connectivity index (χ4n) is 5.16. The average Bonchev–Trinajstić information content (AvgIpc) is 3.01. The Labute approximate surface area is 308 Å². The zero-order valence-corrected chi connectivity index (χ0v) is 33.0. The van der Waals surface area contributed by atoms with Gasteiger partial charge in [-0.3, -0.25) is 19.2 Å². The van der Waals surface area contributed by atoms with Crippen LogP contribution >= 0.6 is 0 Å². The molecule has 52 heavy (non-hydrogen) atoms. The molecule has 0 heterocycles. The third-order valence-electron chi connectivity index (χ3n) is 7.96. The first kappa shape index (κ1) is 46.3. The molecule has 7 N–H and O–H groups in total. The van der Waals surface area contributed by atoms with Crippen molar-refractivity contribution in [2.75, 3.05) is 12.0 Å². The number of aliphatic hydroxyl groups is 2. The monoisotopic (exact) mass is 755 g/mol. The minimum absolute atomic E-state index is 0.0376. The smallest absolute Gasteiger partial charge is 0.408 e. The standard InChI is InChI=1S/C36H61N5O10S/c1-21(2)18-27(28(43)19-23(5)31(44)40-30(24(6)42)33(46)37-20-25-14-12-11-13-15-25)39-32(45)26(16-17-52(10,49)50)38-34(47)29(22(3)4)41-35(48)51-36(7,8)9/h11-15,21-24,26-30,42-43H,16-20H2,1-10H3,(H,37,46)(H,38,47)(H,39,45)(H,40,44)(H,41,48)/t23-,24-,26+,27+,28+,29+,30-/m1/s1. The van der Waals surface area contributed by atoms with E-state index in [4.69, 9.17) is 4.74 Å². The Morgan fingerprint density at radius 3 is 1.87 bits per heavy atom. The molecule has 0 radical (unpaired) electrons. The summed E-state index contributed by atoms with van der Waals surface area (Å²) in [5.74, 6) is -4.46. The molecule has 7 atom stereocenters. The Bertz CT molecular complexity index is 1430. The normalized spacial score (nSPS) is 16.0. The molecule has 0 saturated heterocycles. The fraction of sp³-hybridized carbons (Fsp3) is 0.694. The summed E-state index contributed by atoms with van der Waals surface area (Å²) in [5, 5.41) is 34.6. The Kier molecular flexibility index (Phi) is 18.7. The van der Waals surface area contributed by atoms with Gasteiger partial charge in [-0.1, -0.05) is 65.0 Å². The molecular weight excluding hydrogens is 694 g/mol. The summed E-state index contributed by atoms with van der Waals surface area (Å²) in [6.07, 6.45) is -2.50. The number of aliphatic hydroxyl groups excluding tert-OH is 2. The Morgan fingerprint density at radius 1 is 0.769 bits per heavy atom. The second kappa shape index (κ2) is 21.1. The van der Waals surface area contributed by atoms with Crippen LogP contribution in [-0.4, -0.2) is 102 Å². The van der Waals surface area contributed by atoms with Crippen LogP contribution in [0, 0.1) is 17.8 Å². The molecule has 1 aromatic carbocycles. The molecule has 1 rings (SSSR count). The molecule has 15 nitrogen and oxygen atoms in total. The van der Waals surface area contributed by atoms with Gasteiger partial charge in [0.1, 0.15) is 33.6 Å². The molecule has 0 aliphatic rings. The first-order valence-electron chi connectivity index (χ1n) is 17.7. The molecule has 1 aromatic rings. The highest BCUT2D eigenvalue weighted by molar-refractivity contribution is 7.90. The average molecular weight is 756 g/mol. The number of nitrogens with one attached hydrogen (secondary N) is 5. The molecule has 0 unspecified atom stereocenters. The Morgan fingerprint density at radius 2 is 1.37 bits per heavy atom. The number of alkyl carbamates (subject to hydrolysis) is 1. The lowest BCUT2D eigenvalue weighted by molar-refractivity contribution is -0.134. The first-order valence-corrected chi connectivity index (χ1v) is 19.7. The maximum atomic E-state index is 13.7. The van der Waals surface area contributed by atoms with Gasteiger partial charge in [0.05, 0.1) is 24.0 Å². The molecular formula is C36H61N5O10S. The van der Waals surface area contributed by atoms with E-state index < -0.39 is 99.1 Å². The predicted molar refractivity (Wildman–Crippen MR) is 197 cm³/mol. The van der Waals surface area contributed by atoms with Crippen molar-refractivity contribution < 1.29 is 47.3 Å². The second-order valence-corrected chi connectivity index (χ2v) is 17.5. The lowest BCUT2D eigenvalue weighted by Crippen LogP contribution is -2.58. The third kappa shape index (κ3) is 18.1. The third-order valence-corrected chi connectivity index (χ3v) is 8.94. The number of hydrogen-bond donors (Lipinski definition) is 7. The minimum atomic E-state index is -3.56. The van der Waals surface area contributed by atoms with Crippen LogP contribution in [-0.2, 0) is 40.3 Å². The zero-order chi connectivity index (χ0) is 40.0. The van der Waals surface area contributed by atoms with Crippen molar-refractivity contribution >= 4 is 39.6 Å². The van der Waals surface area contributed by atoms with Gasteiger partial charge in [-0.05, 0) is 64.4 Å². The van der Waals surface area contributed by atoms with Crippen LogP contribution < -0.4 is 26.6 Å². The second-order valence-electron chi connectivity index (χ2n) is 15.2. The highest BCUT2D eigenvalue weighted by atomic mass is 32.2. The molecule has 0 bridgehead atoms. The predicted octanol–water partition coefficient (Wildman–Crippen LogP) is 1.56. The molecule has 16 heteroatoms. The van der Waals surface area contributed by atoms with Gasteiger partial charge < -0.3 is 41.5 Å². The Hall–Kier alpha value is -3.76. The van der Waals surface area contributed by atoms with Crippen molar-refractivity contribution in [1.82, 2.24) is 26.6 Å². The van der Waals surface area contributed by atoms with E-state index in [-0.39, 0.29) is 31.7 Å².